The molecule has 0 aliphatic carbocycles. The van der Waals surface area contributed by atoms with Gasteiger partial charge in [-0.25, -0.2) is 4.79 Å². The lowest BCUT2D eigenvalue weighted by atomic mass is 10.0. The molecule has 0 radical (unpaired) electrons. The summed E-state index contributed by atoms with van der Waals surface area (Å²) in [6.45, 7) is 0. The molecule has 5 nitrogen and oxygen atoms in total. The molecule has 0 unspecified atom stereocenters. The van der Waals surface area contributed by atoms with Crippen LogP contribution in [0.2, 0.25) is 0 Å². The highest BCUT2D eigenvalue weighted by Crippen LogP contribution is 2.09. The highest BCUT2D eigenvalue weighted by Gasteiger charge is 2.10. The van der Waals surface area contributed by atoms with Gasteiger partial charge in [-0.1, -0.05) is 30.0 Å². The molecule has 2 N–H and O–H groups in total. The summed E-state index contributed by atoms with van der Waals surface area (Å²) in [7, 11) is 2.70. The van der Waals surface area contributed by atoms with Crippen molar-refractivity contribution < 1.29 is 19.1 Å². The Kier molecular flexibility index (Phi) is 6.95. The molecule has 134 valence electrons. The van der Waals surface area contributed by atoms with E-state index < -0.39 is 0 Å². The molecular formula is C21H21NO4. The third-order valence-electron chi connectivity index (χ3n) is 3.74. The molecule has 2 aromatic rings. The fraction of sp³-hybridized carbons (Fsp3) is 0.238. The largest absolute Gasteiger partial charge is 0.469 e. The van der Waals surface area contributed by atoms with Crippen molar-refractivity contribution in [2.24, 2.45) is 5.73 Å². The lowest BCUT2D eigenvalue weighted by Crippen LogP contribution is -2.26. The first kappa shape index (κ1) is 19.2. The molecule has 5 heteroatoms. The number of carbonyl (C=O) groups is 2. The Morgan fingerprint density at radius 3 is 2.35 bits per heavy atom. The topological polar surface area (TPSA) is 78.6 Å². The Balaban J connectivity index is 2.03. The van der Waals surface area contributed by atoms with Crippen molar-refractivity contribution in [3.63, 3.8) is 0 Å². The van der Waals surface area contributed by atoms with Crippen LogP contribution in [-0.2, 0) is 20.7 Å². The zero-order valence-electron chi connectivity index (χ0n) is 14.8. The number of methoxy groups -OCH3 is 2. The van der Waals surface area contributed by atoms with E-state index in [0.29, 0.717) is 12.0 Å². The minimum absolute atomic E-state index is 0.189. The maximum absolute atomic E-state index is 11.5. The summed E-state index contributed by atoms with van der Waals surface area (Å²) >= 11 is 0. The van der Waals surface area contributed by atoms with Crippen molar-refractivity contribution >= 4 is 11.9 Å². The third-order valence-corrected chi connectivity index (χ3v) is 3.74. The molecule has 0 bridgehead atoms. The number of hydrogen-bond donors (Lipinski definition) is 1. The summed E-state index contributed by atoms with van der Waals surface area (Å²) < 4.78 is 9.32. The van der Waals surface area contributed by atoms with Crippen LogP contribution < -0.4 is 5.73 Å². The number of esters is 2. The molecule has 0 heterocycles. The first-order valence-electron chi connectivity index (χ1n) is 8.13. The Labute approximate surface area is 153 Å². The summed E-state index contributed by atoms with van der Waals surface area (Å²) in [6.07, 6.45) is 0.776. The highest BCUT2D eigenvalue weighted by molar-refractivity contribution is 5.89. The number of ether oxygens (including phenoxy) is 2. The van der Waals surface area contributed by atoms with E-state index in [2.05, 4.69) is 16.6 Å². The molecule has 26 heavy (non-hydrogen) atoms. The summed E-state index contributed by atoms with van der Waals surface area (Å²) in [5, 5.41) is 0. The van der Waals surface area contributed by atoms with Gasteiger partial charge in [-0.3, -0.25) is 4.79 Å². The molecule has 1 atom stereocenters. The minimum atomic E-state index is -0.388. The number of benzene rings is 2. The summed E-state index contributed by atoms with van der Waals surface area (Å²) in [4.78, 5) is 22.8. The van der Waals surface area contributed by atoms with Crippen LogP contribution >= 0.6 is 0 Å². The molecule has 0 aliphatic rings. The zero-order valence-corrected chi connectivity index (χ0v) is 14.8. The van der Waals surface area contributed by atoms with Gasteiger partial charge in [0, 0.05) is 17.2 Å². The quantitative estimate of drug-likeness (QED) is 0.661. The van der Waals surface area contributed by atoms with Crippen molar-refractivity contribution in [3.05, 3.63) is 70.8 Å². The number of nitrogens with two attached hydrogens (primary N) is 1. The van der Waals surface area contributed by atoms with Crippen molar-refractivity contribution in [1.82, 2.24) is 0 Å². The third kappa shape index (κ3) is 5.76. The van der Waals surface area contributed by atoms with Crippen LogP contribution in [0.25, 0.3) is 0 Å². The molecule has 0 aromatic heterocycles. The van der Waals surface area contributed by atoms with Gasteiger partial charge in [0.15, 0.2) is 0 Å². The van der Waals surface area contributed by atoms with E-state index in [9.17, 15) is 9.59 Å². The van der Waals surface area contributed by atoms with Gasteiger partial charge in [0.05, 0.1) is 26.2 Å². The number of hydrogen-bond acceptors (Lipinski definition) is 5. The van der Waals surface area contributed by atoms with Crippen LogP contribution in [0.5, 0.6) is 0 Å². The molecule has 0 saturated carbocycles. The van der Waals surface area contributed by atoms with E-state index >= 15 is 0 Å². The second-order valence-corrected chi connectivity index (χ2v) is 5.76. The lowest BCUT2D eigenvalue weighted by molar-refractivity contribution is -0.140. The van der Waals surface area contributed by atoms with E-state index in [1.165, 1.54) is 14.2 Å². The van der Waals surface area contributed by atoms with Crippen LogP contribution in [0.3, 0.4) is 0 Å². The predicted molar refractivity (Wildman–Crippen MR) is 98.5 cm³/mol. The summed E-state index contributed by atoms with van der Waals surface area (Å²) in [5.74, 6) is 5.39. The van der Waals surface area contributed by atoms with E-state index in [1.807, 2.05) is 30.3 Å². The fourth-order valence-electron chi connectivity index (χ4n) is 2.38. The predicted octanol–water partition coefficient (Wildman–Crippen LogP) is 2.31. The second kappa shape index (κ2) is 9.40. The van der Waals surface area contributed by atoms with E-state index in [-0.39, 0.29) is 24.4 Å². The van der Waals surface area contributed by atoms with E-state index in [1.54, 1.807) is 18.2 Å². The Bertz CT molecular complexity index is 831. The SMILES string of the molecule is COC(=O)C[C@@H](N)Cc1ccc(C#Cc2cccc(C(=O)OC)c2)cc1. The van der Waals surface area contributed by atoms with E-state index in [0.717, 1.165) is 16.7 Å². The number of rotatable bonds is 5. The second-order valence-electron chi connectivity index (χ2n) is 5.76. The van der Waals surface area contributed by atoms with Crippen LogP contribution in [0.4, 0.5) is 0 Å². The summed E-state index contributed by atoms with van der Waals surface area (Å²) in [6, 6.07) is 14.4. The van der Waals surface area contributed by atoms with Crippen molar-refractivity contribution in [2.75, 3.05) is 14.2 Å². The van der Waals surface area contributed by atoms with Gasteiger partial charge in [-0.15, -0.1) is 0 Å². The monoisotopic (exact) mass is 351 g/mol. The van der Waals surface area contributed by atoms with Crippen LogP contribution in [-0.4, -0.2) is 32.2 Å². The van der Waals surface area contributed by atoms with Gasteiger partial charge in [-0.2, -0.15) is 0 Å². The Morgan fingerprint density at radius 2 is 1.69 bits per heavy atom. The van der Waals surface area contributed by atoms with Gasteiger partial charge >= 0.3 is 11.9 Å². The average Bonchev–Trinajstić information content (AvgIpc) is 2.66. The van der Waals surface area contributed by atoms with Crippen LogP contribution in [0.1, 0.15) is 33.5 Å². The standard InChI is InChI=1S/C21H21NO4/c1-25-20(23)14-19(22)13-17-10-7-15(8-11-17)6-9-16-4-3-5-18(12-16)21(24)26-2/h3-5,7-8,10-12,19H,13-14,22H2,1-2H3/t19-/m0/s1. The molecule has 0 spiro atoms. The molecule has 0 saturated heterocycles. The van der Waals surface area contributed by atoms with E-state index in [4.69, 9.17) is 10.5 Å². The van der Waals surface area contributed by atoms with Gasteiger partial charge in [0.25, 0.3) is 0 Å². The highest BCUT2D eigenvalue weighted by atomic mass is 16.5. The van der Waals surface area contributed by atoms with Gasteiger partial charge < -0.3 is 15.2 Å². The summed E-state index contributed by atoms with van der Waals surface area (Å²) in [5.41, 5.74) is 9.01. The maximum Gasteiger partial charge on any atom is 0.337 e. The van der Waals surface area contributed by atoms with Crippen molar-refractivity contribution in [3.8, 4) is 11.8 Å². The van der Waals surface area contributed by atoms with Gasteiger partial charge in [0.2, 0.25) is 0 Å². The first-order valence-corrected chi connectivity index (χ1v) is 8.13. The zero-order chi connectivity index (χ0) is 18.9. The molecule has 0 amide bonds. The van der Waals surface area contributed by atoms with Gasteiger partial charge in [0.1, 0.15) is 0 Å². The Morgan fingerprint density at radius 1 is 1.00 bits per heavy atom. The van der Waals surface area contributed by atoms with Crippen LogP contribution in [0, 0.1) is 11.8 Å². The van der Waals surface area contributed by atoms with Crippen molar-refractivity contribution in [1.29, 1.82) is 0 Å². The lowest BCUT2D eigenvalue weighted by Gasteiger charge is -2.10. The molecular weight excluding hydrogens is 330 g/mol. The molecule has 2 rings (SSSR count). The van der Waals surface area contributed by atoms with Gasteiger partial charge in [-0.05, 0) is 42.3 Å². The molecule has 0 fully saturated rings. The smallest absolute Gasteiger partial charge is 0.337 e. The fourth-order valence-corrected chi connectivity index (χ4v) is 2.38. The average molecular weight is 351 g/mol. The minimum Gasteiger partial charge on any atom is -0.469 e. The maximum atomic E-state index is 11.5. The van der Waals surface area contributed by atoms with Crippen LogP contribution in [0.15, 0.2) is 48.5 Å². The first-order chi connectivity index (χ1) is 12.5. The molecule has 2 aromatic carbocycles. The van der Waals surface area contributed by atoms with Crippen molar-refractivity contribution in [2.45, 2.75) is 18.9 Å². The Hall–Kier alpha value is -3.10. The number of carbonyl (C=O) groups excluding carboxylic acids is 2. The molecule has 0 aliphatic heterocycles. The normalized spacial score (nSPS) is 11.0.